The number of aromatic amines is 1. The van der Waals surface area contributed by atoms with E-state index in [1.165, 1.54) is 0 Å². The highest BCUT2D eigenvalue weighted by atomic mass is 19.1. The minimum atomic E-state index is -1.01. The number of ketones is 1. The molecule has 0 aliphatic carbocycles. The fraction of sp³-hybridized carbons (Fsp3) is 0.353. The van der Waals surface area contributed by atoms with Crippen molar-refractivity contribution in [2.75, 3.05) is 20.7 Å². The molecule has 2 rings (SSSR count). The van der Waals surface area contributed by atoms with Crippen LogP contribution in [0, 0.1) is 18.6 Å². The molecule has 0 aliphatic heterocycles. The second-order valence-corrected chi connectivity index (χ2v) is 5.99. The van der Waals surface area contributed by atoms with Crippen molar-refractivity contribution in [1.82, 2.24) is 15.1 Å². The number of esters is 1. The van der Waals surface area contributed by atoms with Crippen molar-refractivity contribution in [1.29, 1.82) is 0 Å². The Morgan fingerprint density at radius 3 is 2.46 bits per heavy atom. The number of Topliss-reactive ketones (excluding diaryl/α,β-unsaturated/α-hetero) is 1. The number of aromatic nitrogens is 2. The van der Waals surface area contributed by atoms with Crippen LogP contribution in [-0.4, -0.2) is 53.7 Å². The summed E-state index contributed by atoms with van der Waals surface area (Å²) in [7, 11) is 3.57. The normalized spacial score (nSPS) is 12.3. The van der Waals surface area contributed by atoms with E-state index in [4.69, 9.17) is 10.5 Å². The number of ether oxygens (including phenoxy) is 1. The molecule has 0 amide bonds. The number of carbonyl (C=O) groups excluding carboxylic acids is 2. The van der Waals surface area contributed by atoms with Gasteiger partial charge in [-0.3, -0.25) is 14.8 Å². The van der Waals surface area contributed by atoms with Crippen molar-refractivity contribution in [3.05, 3.63) is 52.3 Å². The van der Waals surface area contributed by atoms with Crippen molar-refractivity contribution < 1.29 is 23.1 Å². The van der Waals surface area contributed by atoms with Crippen LogP contribution in [0.3, 0.4) is 0 Å². The number of rotatable bonds is 7. The largest absolute Gasteiger partial charge is 0.454 e. The number of hydrogen-bond donors (Lipinski definition) is 2. The lowest BCUT2D eigenvalue weighted by molar-refractivity contribution is 0.0470. The number of nitrogens with one attached hydrogen (secondary N) is 1. The molecule has 0 saturated carbocycles. The van der Waals surface area contributed by atoms with Crippen LogP contribution in [0.15, 0.2) is 18.2 Å². The molecule has 0 aliphatic rings. The van der Waals surface area contributed by atoms with E-state index in [0.717, 1.165) is 18.2 Å². The van der Waals surface area contributed by atoms with Crippen LogP contribution in [0.5, 0.6) is 0 Å². The maximum atomic E-state index is 13.6. The molecule has 0 unspecified atom stereocenters. The lowest BCUT2D eigenvalue weighted by Gasteiger charge is -2.19. The van der Waals surface area contributed by atoms with E-state index in [1.807, 2.05) is 0 Å². The zero-order chi connectivity index (χ0) is 19.4. The Kier molecular flexibility index (Phi) is 6.17. The molecule has 7 nitrogen and oxygen atoms in total. The molecule has 140 valence electrons. The molecule has 1 aromatic heterocycles. The van der Waals surface area contributed by atoms with Crippen molar-refractivity contribution in [3.8, 4) is 0 Å². The number of aryl methyl sites for hydroxylation is 1. The van der Waals surface area contributed by atoms with Gasteiger partial charge in [0.2, 0.25) is 5.78 Å². The summed E-state index contributed by atoms with van der Waals surface area (Å²) in [6, 6.07) is 3.06. The zero-order valence-electron chi connectivity index (χ0n) is 14.7. The maximum Gasteiger partial charge on any atom is 0.342 e. The van der Waals surface area contributed by atoms with Crippen LogP contribution in [0.25, 0.3) is 0 Å². The highest BCUT2D eigenvalue weighted by Crippen LogP contribution is 2.16. The number of halogens is 2. The number of nitrogens with two attached hydrogens (primary N) is 1. The number of nitrogens with zero attached hydrogens (tertiary/aromatic N) is 2. The Labute approximate surface area is 149 Å². The van der Waals surface area contributed by atoms with E-state index in [0.29, 0.717) is 17.8 Å². The summed E-state index contributed by atoms with van der Waals surface area (Å²) < 4.78 is 32.2. The van der Waals surface area contributed by atoms with E-state index in [-0.39, 0.29) is 11.7 Å². The Bertz CT molecular complexity index is 800. The van der Waals surface area contributed by atoms with Gasteiger partial charge < -0.3 is 10.5 Å². The number of likely N-dealkylation sites (N-methyl/N-ethyl adjacent to an activating group) is 1. The molecule has 0 spiro atoms. The number of carbonyl (C=O) groups is 2. The molecular formula is C17H20F2N4O3. The van der Waals surface area contributed by atoms with Gasteiger partial charge in [0.15, 0.2) is 6.61 Å². The van der Waals surface area contributed by atoms with Crippen LogP contribution < -0.4 is 5.73 Å². The van der Waals surface area contributed by atoms with Gasteiger partial charge in [-0.25, -0.2) is 13.6 Å². The minimum Gasteiger partial charge on any atom is -0.454 e. The van der Waals surface area contributed by atoms with Crippen LogP contribution in [0.1, 0.15) is 32.1 Å². The molecule has 2 aromatic rings. The van der Waals surface area contributed by atoms with Crippen LogP contribution >= 0.6 is 0 Å². The Hall–Kier alpha value is -2.65. The predicted molar refractivity (Wildman–Crippen MR) is 89.7 cm³/mol. The number of benzene rings is 1. The predicted octanol–water partition coefficient (Wildman–Crippen LogP) is 1.42. The molecule has 1 heterocycles. The van der Waals surface area contributed by atoms with E-state index < -0.39 is 35.6 Å². The monoisotopic (exact) mass is 366 g/mol. The summed E-state index contributed by atoms with van der Waals surface area (Å²) in [5.74, 6) is -3.81. The average Bonchev–Trinajstić information content (AvgIpc) is 2.92. The van der Waals surface area contributed by atoms with E-state index in [1.54, 1.807) is 25.9 Å². The summed E-state index contributed by atoms with van der Waals surface area (Å²) in [6.45, 7) is 0.802. The van der Waals surface area contributed by atoms with Gasteiger partial charge in [-0.2, -0.15) is 5.10 Å². The average molecular weight is 366 g/mol. The molecule has 0 bridgehead atoms. The zero-order valence-corrected chi connectivity index (χ0v) is 14.7. The third-order valence-corrected chi connectivity index (χ3v) is 3.88. The fourth-order valence-electron chi connectivity index (χ4n) is 2.33. The number of hydrogen-bond acceptors (Lipinski definition) is 6. The summed E-state index contributed by atoms with van der Waals surface area (Å²) in [5.41, 5.74) is 6.20. The molecule has 0 radical (unpaired) electrons. The van der Waals surface area contributed by atoms with Gasteiger partial charge in [-0.1, -0.05) is 6.07 Å². The Morgan fingerprint density at radius 1 is 1.27 bits per heavy atom. The van der Waals surface area contributed by atoms with E-state index >= 15 is 0 Å². The van der Waals surface area contributed by atoms with Gasteiger partial charge in [-0.15, -0.1) is 0 Å². The lowest BCUT2D eigenvalue weighted by Crippen LogP contribution is -2.38. The van der Waals surface area contributed by atoms with Crippen molar-refractivity contribution in [2.24, 2.45) is 5.73 Å². The smallest absolute Gasteiger partial charge is 0.342 e. The lowest BCUT2D eigenvalue weighted by atomic mass is 10.1. The summed E-state index contributed by atoms with van der Waals surface area (Å²) in [6.07, 6.45) is -0.0655. The highest BCUT2D eigenvalue weighted by molar-refractivity contribution is 6.00. The molecule has 0 saturated heterocycles. The van der Waals surface area contributed by atoms with Gasteiger partial charge in [0, 0.05) is 6.42 Å². The fourth-order valence-corrected chi connectivity index (χ4v) is 2.33. The van der Waals surface area contributed by atoms with Crippen LogP contribution in [0.2, 0.25) is 0 Å². The molecule has 3 N–H and O–H groups in total. The highest BCUT2D eigenvalue weighted by Gasteiger charge is 2.24. The topological polar surface area (TPSA) is 101 Å². The molecule has 0 fully saturated rings. The van der Waals surface area contributed by atoms with Crippen LogP contribution in [-0.2, 0) is 11.2 Å². The summed E-state index contributed by atoms with van der Waals surface area (Å²) in [5, 5.41) is 6.67. The van der Waals surface area contributed by atoms with E-state index in [9.17, 15) is 18.4 Å². The third-order valence-electron chi connectivity index (χ3n) is 3.88. The first-order chi connectivity index (χ1) is 12.2. The van der Waals surface area contributed by atoms with Gasteiger partial charge >= 0.3 is 5.97 Å². The number of H-pyrrole nitrogens is 1. The standard InChI is InChI=1S/C17H20F2N4O3/c1-9-15(12(22-21-9)7-14(20)23(2)3)17(25)26-8-13(24)16-10(18)5-4-6-11(16)19/h4-6,14H,7-8,20H2,1-3H3,(H,21,22)/t14-/m0/s1. The Balaban J connectivity index is 2.11. The second-order valence-electron chi connectivity index (χ2n) is 5.99. The maximum absolute atomic E-state index is 13.6. The van der Waals surface area contributed by atoms with Crippen LogP contribution in [0.4, 0.5) is 8.78 Å². The first-order valence-corrected chi connectivity index (χ1v) is 7.82. The summed E-state index contributed by atoms with van der Waals surface area (Å²) in [4.78, 5) is 26.1. The van der Waals surface area contributed by atoms with Gasteiger partial charge in [-0.05, 0) is 33.2 Å². The summed E-state index contributed by atoms with van der Waals surface area (Å²) >= 11 is 0. The molecule has 26 heavy (non-hydrogen) atoms. The molecular weight excluding hydrogens is 346 g/mol. The quantitative estimate of drug-likeness (QED) is 0.437. The Morgan fingerprint density at radius 2 is 1.88 bits per heavy atom. The molecule has 1 atom stereocenters. The van der Waals surface area contributed by atoms with Crippen molar-refractivity contribution in [2.45, 2.75) is 19.5 Å². The molecule has 1 aromatic carbocycles. The minimum absolute atomic E-state index is 0.157. The second kappa shape index (κ2) is 8.15. The van der Waals surface area contributed by atoms with E-state index in [2.05, 4.69) is 10.2 Å². The third kappa shape index (κ3) is 4.30. The van der Waals surface area contributed by atoms with Crippen molar-refractivity contribution >= 4 is 11.8 Å². The van der Waals surface area contributed by atoms with Gasteiger partial charge in [0.1, 0.15) is 17.2 Å². The van der Waals surface area contributed by atoms with Crippen molar-refractivity contribution in [3.63, 3.8) is 0 Å². The SMILES string of the molecule is Cc1n[nH]c(C[C@@H](N)N(C)C)c1C(=O)OCC(=O)c1c(F)cccc1F. The molecule has 9 heteroatoms. The van der Waals surface area contributed by atoms with Gasteiger partial charge in [0.25, 0.3) is 0 Å². The first-order valence-electron chi connectivity index (χ1n) is 7.82. The van der Waals surface area contributed by atoms with Gasteiger partial charge in [0.05, 0.1) is 23.1 Å². The first kappa shape index (κ1) is 19.7.